The number of hydrogen-bond donors (Lipinski definition) is 3. The molecule has 0 unspecified atom stereocenters. The van der Waals surface area contributed by atoms with Crippen molar-refractivity contribution in [3.8, 4) is 44.5 Å². The van der Waals surface area contributed by atoms with E-state index in [1.807, 2.05) is 12.1 Å². The van der Waals surface area contributed by atoms with Gasteiger partial charge in [0.05, 0.1) is 22.8 Å². The fourth-order valence-electron chi connectivity index (χ4n) is 7.23. The van der Waals surface area contributed by atoms with Crippen LogP contribution in [0.3, 0.4) is 0 Å². The molecule has 5 nitrogen and oxygen atoms in total. The number of nitrogens with zero attached hydrogens (tertiary/aromatic N) is 2. The molecule has 5 heteroatoms. The van der Waals surface area contributed by atoms with E-state index in [1.165, 1.54) is 16.7 Å². The van der Waals surface area contributed by atoms with Crippen LogP contribution in [0.4, 0.5) is 5.69 Å². The Labute approximate surface area is 302 Å². The first-order chi connectivity index (χ1) is 25.4. The minimum atomic E-state index is 0.722. The maximum atomic E-state index is 6.17. The molecule has 250 valence electrons. The van der Waals surface area contributed by atoms with Crippen LogP contribution in [0, 0.1) is 20.8 Å². The first-order valence-corrected chi connectivity index (χ1v) is 17.6. The zero-order valence-electron chi connectivity index (χ0n) is 29.3. The van der Waals surface area contributed by atoms with Gasteiger partial charge in [-0.2, -0.15) is 0 Å². The average molecular weight is 672 g/mol. The molecule has 52 heavy (non-hydrogen) atoms. The third-order valence-corrected chi connectivity index (χ3v) is 9.97. The number of H-pyrrole nitrogens is 2. The molecule has 3 aromatic heterocycles. The highest BCUT2D eigenvalue weighted by molar-refractivity contribution is 6.00. The van der Waals surface area contributed by atoms with Crippen LogP contribution in [0.2, 0.25) is 0 Å². The van der Waals surface area contributed by atoms with Crippen molar-refractivity contribution in [3.63, 3.8) is 0 Å². The SMILES string of the molecule is Cc1ccc(-c2c3nc(c(-c4ccc(C)cc4)c4ccc([nH]4)c(-c4ccc(N)cc4)c4ccc([nH]4)c(-c4ccc(C)cc4)c4nc2C=C4)C=C3)cc1. The Morgan fingerprint density at radius 2 is 0.635 bits per heavy atom. The third-order valence-electron chi connectivity index (χ3n) is 9.97. The summed E-state index contributed by atoms with van der Waals surface area (Å²) in [5, 5.41) is 0. The number of nitrogen functional groups attached to an aromatic ring is 1. The molecular weight excluding hydrogens is 635 g/mol. The van der Waals surface area contributed by atoms with Gasteiger partial charge in [0.2, 0.25) is 0 Å². The largest absolute Gasteiger partial charge is 0.399 e. The minimum absolute atomic E-state index is 0.722. The number of fused-ring (bicyclic) bond motifs is 8. The van der Waals surface area contributed by atoms with E-state index in [1.54, 1.807) is 0 Å². The summed E-state index contributed by atoms with van der Waals surface area (Å²) in [6.45, 7) is 6.34. The zero-order chi connectivity index (χ0) is 35.3. The number of nitrogens with two attached hydrogens (primary N) is 1. The van der Waals surface area contributed by atoms with E-state index in [-0.39, 0.29) is 0 Å². The summed E-state index contributed by atoms with van der Waals surface area (Å²) in [5.74, 6) is 0. The average Bonchev–Trinajstić information content (AvgIpc) is 3.99. The van der Waals surface area contributed by atoms with Crippen LogP contribution in [-0.2, 0) is 0 Å². The predicted molar refractivity (Wildman–Crippen MR) is 219 cm³/mol. The number of nitrogens with one attached hydrogen (secondary N) is 2. The van der Waals surface area contributed by atoms with Gasteiger partial charge in [0.15, 0.2) is 0 Å². The molecule has 2 aliphatic heterocycles. The first kappa shape index (κ1) is 31.3. The molecule has 4 aromatic carbocycles. The van der Waals surface area contributed by atoms with Crippen molar-refractivity contribution >= 4 is 52.1 Å². The van der Waals surface area contributed by atoms with Gasteiger partial charge in [-0.05, 0) is 104 Å². The molecule has 2 aliphatic rings. The van der Waals surface area contributed by atoms with Crippen LogP contribution in [0.1, 0.15) is 39.5 Å². The predicted octanol–water partition coefficient (Wildman–Crippen LogP) is 11.8. The Balaban J connectivity index is 1.47. The Bertz CT molecular complexity index is 2580. The zero-order valence-corrected chi connectivity index (χ0v) is 29.3. The summed E-state index contributed by atoms with van der Waals surface area (Å²) in [7, 11) is 0. The Kier molecular flexibility index (Phi) is 7.55. The van der Waals surface area contributed by atoms with E-state index in [2.05, 4.69) is 164 Å². The van der Waals surface area contributed by atoms with Crippen molar-refractivity contribution in [2.75, 3.05) is 5.73 Å². The minimum Gasteiger partial charge on any atom is -0.399 e. The van der Waals surface area contributed by atoms with E-state index >= 15 is 0 Å². The summed E-state index contributed by atoms with van der Waals surface area (Å²) in [5.41, 5.74) is 26.3. The number of rotatable bonds is 4. The molecule has 9 rings (SSSR count). The molecule has 8 bridgehead atoms. The highest BCUT2D eigenvalue weighted by atomic mass is 14.8. The van der Waals surface area contributed by atoms with Crippen LogP contribution in [0.25, 0.3) is 90.9 Å². The van der Waals surface area contributed by atoms with E-state index in [4.69, 9.17) is 15.7 Å². The smallest absolute Gasteiger partial charge is 0.0738 e. The number of aryl methyl sites for hydroxylation is 3. The molecule has 0 amide bonds. The molecule has 0 spiro atoms. The van der Waals surface area contributed by atoms with Gasteiger partial charge in [0, 0.05) is 50.0 Å². The van der Waals surface area contributed by atoms with Gasteiger partial charge in [-0.3, -0.25) is 0 Å². The van der Waals surface area contributed by atoms with Crippen molar-refractivity contribution < 1.29 is 0 Å². The molecule has 0 radical (unpaired) electrons. The van der Waals surface area contributed by atoms with Crippen LogP contribution in [0.5, 0.6) is 0 Å². The standard InChI is InChI=1S/C47H37N5/c1-28-4-10-31(11-5-28)44-36-20-22-38(49-36)45(32-12-6-29(2)7-13-32)40-24-26-42(51-40)47(34-16-18-35(48)19-17-34)43-27-25-41(52-43)46(39-23-21-37(44)50-39)33-14-8-30(3)9-15-33/h4-27,51-52H,48H2,1-3H3. The lowest BCUT2D eigenvalue weighted by molar-refractivity contribution is 1.27. The summed E-state index contributed by atoms with van der Waals surface area (Å²) < 4.78 is 0. The summed E-state index contributed by atoms with van der Waals surface area (Å²) in [6, 6.07) is 42.7. The van der Waals surface area contributed by atoms with Crippen molar-refractivity contribution in [1.29, 1.82) is 0 Å². The lowest BCUT2D eigenvalue weighted by atomic mass is 10.0. The van der Waals surface area contributed by atoms with Crippen LogP contribution in [-0.4, -0.2) is 19.9 Å². The topological polar surface area (TPSA) is 83.4 Å². The van der Waals surface area contributed by atoms with Gasteiger partial charge >= 0.3 is 0 Å². The van der Waals surface area contributed by atoms with Gasteiger partial charge in [-0.15, -0.1) is 0 Å². The quantitative estimate of drug-likeness (QED) is 0.163. The molecule has 0 saturated heterocycles. The molecule has 7 aromatic rings. The Morgan fingerprint density at radius 3 is 1.02 bits per heavy atom. The molecule has 0 atom stereocenters. The van der Waals surface area contributed by atoms with Crippen LogP contribution in [0.15, 0.2) is 121 Å². The van der Waals surface area contributed by atoms with Crippen molar-refractivity contribution in [2.24, 2.45) is 0 Å². The first-order valence-electron chi connectivity index (χ1n) is 17.6. The van der Waals surface area contributed by atoms with Gasteiger partial charge < -0.3 is 15.7 Å². The number of aromatic amines is 2. The van der Waals surface area contributed by atoms with Crippen LogP contribution < -0.4 is 5.73 Å². The number of hydrogen-bond acceptors (Lipinski definition) is 3. The number of anilines is 1. The lowest BCUT2D eigenvalue weighted by Crippen LogP contribution is -1.91. The number of aromatic nitrogens is 4. The normalized spacial score (nSPS) is 12.1. The van der Waals surface area contributed by atoms with E-state index in [0.29, 0.717) is 0 Å². The van der Waals surface area contributed by atoms with Gasteiger partial charge in [-0.25, -0.2) is 9.97 Å². The Hall–Kier alpha value is -6.72. The van der Waals surface area contributed by atoms with Gasteiger partial charge in [0.1, 0.15) is 0 Å². The van der Waals surface area contributed by atoms with Crippen molar-refractivity contribution in [3.05, 3.63) is 161 Å². The third kappa shape index (κ3) is 5.62. The molecular formula is C47H37N5. The highest BCUT2D eigenvalue weighted by Gasteiger charge is 2.19. The van der Waals surface area contributed by atoms with E-state index in [0.717, 1.165) is 95.0 Å². The summed E-state index contributed by atoms with van der Waals surface area (Å²) >= 11 is 0. The number of benzene rings is 4. The fourth-order valence-corrected chi connectivity index (χ4v) is 7.23. The lowest BCUT2D eigenvalue weighted by Gasteiger charge is -2.08. The van der Waals surface area contributed by atoms with E-state index < -0.39 is 0 Å². The second-order valence-corrected chi connectivity index (χ2v) is 13.7. The maximum Gasteiger partial charge on any atom is 0.0738 e. The Morgan fingerprint density at radius 1 is 0.346 bits per heavy atom. The molecule has 0 saturated carbocycles. The molecule has 4 N–H and O–H groups in total. The second-order valence-electron chi connectivity index (χ2n) is 13.7. The maximum absolute atomic E-state index is 6.17. The van der Waals surface area contributed by atoms with Crippen molar-refractivity contribution in [1.82, 2.24) is 19.9 Å². The van der Waals surface area contributed by atoms with Gasteiger partial charge in [-0.1, -0.05) is 102 Å². The monoisotopic (exact) mass is 671 g/mol. The second kappa shape index (κ2) is 12.6. The molecule has 0 aliphatic carbocycles. The van der Waals surface area contributed by atoms with Crippen molar-refractivity contribution in [2.45, 2.75) is 20.8 Å². The highest BCUT2D eigenvalue weighted by Crippen LogP contribution is 2.38. The summed E-state index contributed by atoms with van der Waals surface area (Å²) in [6.07, 6.45) is 8.52. The van der Waals surface area contributed by atoms with Gasteiger partial charge in [0.25, 0.3) is 0 Å². The van der Waals surface area contributed by atoms with E-state index in [9.17, 15) is 0 Å². The fraction of sp³-hybridized carbons (Fsp3) is 0.0638. The summed E-state index contributed by atoms with van der Waals surface area (Å²) in [4.78, 5) is 18.4. The molecule has 0 fully saturated rings. The van der Waals surface area contributed by atoms with Crippen LogP contribution >= 0.6 is 0 Å². The molecule has 5 heterocycles.